The summed E-state index contributed by atoms with van der Waals surface area (Å²) in [6.45, 7) is 2.15. The van der Waals surface area contributed by atoms with Gasteiger partial charge in [-0.2, -0.15) is 10.1 Å². The number of fused-ring (bicyclic) bond motifs is 2. The van der Waals surface area contributed by atoms with Crippen LogP contribution in [-0.2, 0) is 16.1 Å². The smallest absolute Gasteiger partial charge is 0.263 e. The van der Waals surface area contributed by atoms with Gasteiger partial charge in [0.05, 0.1) is 5.69 Å². The van der Waals surface area contributed by atoms with Gasteiger partial charge < -0.3 is 14.0 Å². The summed E-state index contributed by atoms with van der Waals surface area (Å²) < 4.78 is 16.0. The van der Waals surface area contributed by atoms with E-state index in [0.29, 0.717) is 28.6 Å². The Morgan fingerprint density at radius 1 is 1.03 bits per heavy atom. The van der Waals surface area contributed by atoms with Gasteiger partial charge in [-0.05, 0) is 37.3 Å². The Morgan fingerprint density at radius 2 is 1.84 bits per heavy atom. The highest BCUT2D eigenvalue weighted by Crippen LogP contribution is 2.36. The standard InChI is InChI=1S/C21H16N6O5/c1-11-2-5-13(6-3-11)27-20(28)17-18(21(27)29)26(25-23-17)9-16-22-19(24-32-16)12-4-7-14-15(8-12)31-10-30-14/h2-8,17-18H,9-10H2,1H3/t17-,18+/m0/s1. The largest absolute Gasteiger partial charge is 0.454 e. The highest BCUT2D eigenvalue weighted by atomic mass is 16.7. The third-order valence-corrected chi connectivity index (χ3v) is 5.55. The summed E-state index contributed by atoms with van der Waals surface area (Å²) in [5.74, 6) is 1.08. The number of hydrogen-bond acceptors (Lipinski definition) is 10. The van der Waals surface area contributed by atoms with E-state index in [9.17, 15) is 9.59 Å². The van der Waals surface area contributed by atoms with Gasteiger partial charge in [0.15, 0.2) is 23.6 Å². The number of amides is 2. The van der Waals surface area contributed by atoms with Gasteiger partial charge in [-0.25, -0.2) is 4.90 Å². The fourth-order valence-electron chi connectivity index (χ4n) is 3.91. The van der Waals surface area contributed by atoms with Crippen LogP contribution in [0.1, 0.15) is 11.5 Å². The molecule has 0 saturated carbocycles. The maximum atomic E-state index is 13.1. The first kappa shape index (κ1) is 18.5. The summed E-state index contributed by atoms with van der Waals surface area (Å²) in [5.41, 5.74) is 2.24. The summed E-state index contributed by atoms with van der Waals surface area (Å²) in [6.07, 6.45) is 0. The van der Waals surface area contributed by atoms with Crippen molar-refractivity contribution in [3.8, 4) is 22.9 Å². The van der Waals surface area contributed by atoms with Crippen LogP contribution in [0, 0.1) is 6.92 Å². The normalized spacial score (nSPS) is 21.0. The minimum atomic E-state index is -0.889. The molecule has 11 nitrogen and oxygen atoms in total. The van der Waals surface area contributed by atoms with Crippen molar-refractivity contribution >= 4 is 17.5 Å². The zero-order chi connectivity index (χ0) is 21.8. The lowest BCUT2D eigenvalue weighted by Crippen LogP contribution is -2.39. The van der Waals surface area contributed by atoms with E-state index >= 15 is 0 Å². The van der Waals surface area contributed by atoms with E-state index in [1.807, 2.05) is 19.1 Å². The molecule has 6 rings (SSSR count). The lowest BCUT2D eigenvalue weighted by Gasteiger charge is -2.19. The Labute approximate surface area is 181 Å². The van der Waals surface area contributed by atoms with Crippen molar-refractivity contribution in [3.05, 3.63) is 53.9 Å². The van der Waals surface area contributed by atoms with Gasteiger partial charge >= 0.3 is 0 Å². The lowest BCUT2D eigenvalue weighted by atomic mass is 10.1. The number of aryl methyl sites for hydroxylation is 1. The van der Waals surface area contributed by atoms with E-state index in [-0.39, 0.29) is 25.1 Å². The molecule has 11 heteroatoms. The minimum Gasteiger partial charge on any atom is -0.454 e. The maximum absolute atomic E-state index is 13.1. The molecule has 2 aromatic carbocycles. The molecule has 0 N–H and O–H groups in total. The van der Waals surface area contributed by atoms with Crippen LogP contribution in [0.3, 0.4) is 0 Å². The molecule has 0 bridgehead atoms. The molecule has 2 amide bonds. The van der Waals surface area contributed by atoms with E-state index in [4.69, 9.17) is 14.0 Å². The lowest BCUT2D eigenvalue weighted by molar-refractivity contribution is -0.123. The number of nitrogens with zero attached hydrogens (tertiary/aromatic N) is 6. The number of ether oxygens (including phenoxy) is 2. The highest BCUT2D eigenvalue weighted by Gasteiger charge is 2.55. The number of carbonyl (C=O) groups excluding carboxylic acids is 2. The molecular weight excluding hydrogens is 416 g/mol. The monoisotopic (exact) mass is 432 g/mol. The van der Waals surface area contributed by atoms with E-state index in [1.165, 1.54) is 5.01 Å². The van der Waals surface area contributed by atoms with Gasteiger partial charge in [0.1, 0.15) is 6.54 Å². The van der Waals surface area contributed by atoms with Gasteiger partial charge in [0, 0.05) is 5.56 Å². The Balaban J connectivity index is 1.22. The van der Waals surface area contributed by atoms with Crippen LogP contribution in [0.5, 0.6) is 11.5 Å². The SMILES string of the molecule is Cc1ccc(N2C(=O)[C@H]3N=NN(Cc4nc(-c5ccc6c(c5)OCO6)no4)[C@H]3C2=O)cc1. The van der Waals surface area contributed by atoms with Crippen molar-refractivity contribution < 1.29 is 23.6 Å². The number of hydrogen-bond donors (Lipinski definition) is 0. The molecule has 1 fully saturated rings. The molecule has 3 aromatic rings. The van der Waals surface area contributed by atoms with Gasteiger partial charge in [-0.15, -0.1) is 0 Å². The molecule has 0 aliphatic carbocycles. The average Bonchev–Trinajstić information content (AvgIpc) is 3.57. The van der Waals surface area contributed by atoms with Crippen LogP contribution >= 0.6 is 0 Å². The molecule has 32 heavy (non-hydrogen) atoms. The summed E-state index contributed by atoms with van der Waals surface area (Å²) in [7, 11) is 0. The van der Waals surface area contributed by atoms with E-state index in [2.05, 4.69) is 20.5 Å². The Hall–Kier alpha value is -4.28. The number of rotatable bonds is 4. The van der Waals surface area contributed by atoms with Crippen molar-refractivity contribution in [2.75, 3.05) is 11.7 Å². The molecule has 1 saturated heterocycles. The molecule has 160 valence electrons. The first-order valence-corrected chi connectivity index (χ1v) is 9.93. The molecule has 0 spiro atoms. The molecule has 1 aromatic heterocycles. The van der Waals surface area contributed by atoms with Crippen molar-refractivity contribution in [1.29, 1.82) is 0 Å². The van der Waals surface area contributed by atoms with Crippen LogP contribution in [0.25, 0.3) is 11.4 Å². The Kier molecular flexibility index (Phi) is 3.97. The number of anilines is 1. The molecule has 0 radical (unpaired) electrons. The summed E-state index contributed by atoms with van der Waals surface area (Å²) in [5, 5.41) is 13.4. The third-order valence-electron chi connectivity index (χ3n) is 5.55. The first-order valence-electron chi connectivity index (χ1n) is 9.93. The van der Waals surface area contributed by atoms with E-state index in [1.54, 1.807) is 30.3 Å². The number of aromatic nitrogens is 2. The second kappa shape index (κ2) is 6.87. The fraction of sp³-hybridized carbons (Fsp3) is 0.238. The van der Waals surface area contributed by atoms with Crippen LogP contribution in [0.15, 0.2) is 57.3 Å². The predicted octanol–water partition coefficient (Wildman–Crippen LogP) is 2.27. The van der Waals surface area contributed by atoms with Crippen molar-refractivity contribution in [1.82, 2.24) is 15.1 Å². The number of carbonyl (C=O) groups is 2. The molecular formula is C21H16N6O5. The predicted molar refractivity (Wildman–Crippen MR) is 108 cm³/mol. The van der Waals surface area contributed by atoms with Crippen LogP contribution in [0.2, 0.25) is 0 Å². The minimum absolute atomic E-state index is 0.0446. The summed E-state index contributed by atoms with van der Waals surface area (Å²) >= 11 is 0. The average molecular weight is 432 g/mol. The second-order valence-corrected chi connectivity index (χ2v) is 7.62. The topological polar surface area (TPSA) is 123 Å². The molecule has 2 atom stereocenters. The summed E-state index contributed by atoms with van der Waals surface area (Å²) in [4.78, 5) is 31.4. The molecule has 4 heterocycles. The Bertz CT molecular complexity index is 1270. The zero-order valence-corrected chi connectivity index (χ0v) is 16.8. The van der Waals surface area contributed by atoms with E-state index < -0.39 is 18.0 Å². The van der Waals surface area contributed by atoms with Crippen LogP contribution in [-0.4, -0.2) is 45.8 Å². The van der Waals surface area contributed by atoms with Crippen molar-refractivity contribution in [2.45, 2.75) is 25.6 Å². The Morgan fingerprint density at radius 3 is 2.69 bits per heavy atom. The number of imide groups is 1. The van der Waals surface area contributed by atoms with Crippen LogP contribution < -0.4 is 14.4 Å². The third kappa shape index (κ3) is 2.82. The summed E-state index contributed by atoms with van der Waals surface area (Å²) in [6, 6.07) is 10.8. The van der Waals surface area contributed by atoms with Crippen molar-refractivity contribution in [2.24, 2.45) is 10.3 Å². The maximum Gasteiger partial charge on any atom is 0.263 e. The molecule has 3 aliphatic rings. The van der Waals surface area contributed by atoms with Gasteiger partial charge in [0.2, 0.25) is 18.5 Å². The molecule has 0 unspecified atom stereocenters. The first-order chi connectivity index (χ1) is 15.6. The van der Waals surface area contributed by atoms with Crippen molar-refractivity contribution in [3.63, 3.8) is 0 Å². The second-order valence-electron chi connectivity index (χ2n) is 7.62. The van der Waals surface area contributed by atoms with Gasteiger partial charge in [-0.3, -0.25) is 14.6 Å². The quantitative estimate of drug-likeness (QED) is 0.576. The molecule has 3 aliphatic heterocycles. The highest BCUT2D eigenvalue weighted by molar-refractivity contribution is 6.25. The number of benzene rings is 2. The van der Waals surface area contributed by atoms with Gasteiger partial charge in [-0.1, -0.05) is 28.1 Å². The van der Waals surface area contributed by atoms with Gasteiger partial charge in [0.25, 0.3) is 11.8 Å². The van der Waals surface area contributed by atoms with E-state index in [0.717, 1.165) is 10.5 Å². The zero-order valence-electron chi connectivity index (χ0n) is 16.8. The fourth-order valence-corrected chi connectivity index (χ4v) is 3.91. The van der Waals surface area contributed by atoms with Crippen LogP contribution in [0.4, 0.5) is 5.69 Å².